The predicted molar refractivity (Wildman–Crippen MR) is 130 cm³/mol. The number of amides is 4. The van der Waals surface area contributed by atoms with Crippen LogP contribution in [0.2, 0.25) is 0 Å². The molecule has 0 bridgehead atoms. The third-order valence-electron chi connectivity index (χ3n) is 6.83. The Morgan fingerprint density at radius 1 is 1.19 bits per heavy atom. The smallest absolute Gasteiger partial charge is 0.405 e. The van der Waals surface area contributed by atoms with Gasteiger partial charge >= 0.3 is 6.09 Å². The highest BCUT2D eigenvalue weighted by atomic mass is 32.2. The van der Waals surface area contributed by atoms with E-state index in [9.17, 15) is 27.6 Å². The zero-order chi connectivity index (χ0) is 25.9. The largest absolute Gasteiger partial charge is 0.436 e. The van der Waals surface area contributed by atoms with Crippen LogP contribution in [0.4, 0.5) is 4.79 Å². The highest BCUT2D eigenvalue weighted by Gasteiger charge is 2.61. The van der Waals surface area contributed by atoms with Crippen molar-refractivity contribution in [3.8, 4) is 0 Å². The molecule has 1 saturated carbocycles. The van der Waals surface area contributed by atoms with Crippen molar-refractivity contribution in [3.63, 3.8) is 0 Å². The van der Waals surface area contributed by atoms with Gasteiger partial charge in [0.2, 0.25) is 5.91 Å². The fourth-order valence-corrected chi connectivity index (χ4v) is 6.89. The lowest BCUT2D eigenvalue weighted by atomic mass is 10.1. The molecule has 3 heterocycles. The third-order valence-corrected chi connectivity index (χ3v) is 9.56. The lowest BCUT2D eigenvalue weighted by Gasteiger charge is -2.29. The number of nitrogens with one attached hydrogen (secondary N) is 2. The second-order valence-corrected chi connectivity index (χ2v) is 12.2. The van der Waals surface area contributed by atoms with Crippen LogP contribution in [0, 0.1) is 5.92 Å². The number of nitrogens with two attached hydrogens (primary N) is 1. The normalized spacial score (nSPS) is 29.2. The number of allylic oxidation sites excluding steroid dienone is 1. The molecule has 2 aliphatic heterocycles. The number of rotatable bonds is 4. The van der Waals surface area contributed by atoms with E-state index < -0.39 is 51.5 Å². The van der Waals surface area contributed by atoms with Gasteiger partial charge in [-0.15, -0.1) is 11.3 Å². The number of sulfonamides is 1. The Morgan fingerprint density at radius 3 is 2.72 bits per heavy atom. The standard InChI is InChI=1S/C23H30N4O7S2/c24-22(31)34-17-10-5-3-1-2-4-8-15-14-23(15,21(30)26-36(32,33)18-11-7-13-35-18)25-19(28)16-9-6-12-27(16)20(17)29/h4,7-8,11,13,15-17H,1-3,5-6,9-10,12,14H2,(H2,24,31)(H,25,28)(H,26,30). The first kappa shape index (κ1) is 26.1. The number of carbonyl (C=O) groups is 4. The van der Waals surface area contributed by atoms with E-state index in [1.807, 2.05) is 12.2 Å². The SMILES string of the molecule is NC(=O)OC1CCCCCC=CC2CC2(C(=O)NS(=O)(=O)c2cccs2)NC(=O)C2CCCN2C1=O. The molecule has 1 aromatic heterocycles. The Hall–Kier alpha value is -2.93. The number of hydrogen-bond acceptors (Lipinski definition) is 8. The van der Waals surface area contributed by atoms with Gasteiger partial charge in [-0.1, -0.05) is 24.6 Å². The highest BCUT2D eigenvalue weighted by molar-refractivity contribution is 7.92. The summed E-state index contributed by atoms with van der Waals surface area (Å²) in [4.78, 5) is 52.6. The summed E-state index contributed by atoms with van der Waals surface area (Å²) in [5.41, 5.74) is 3.75. The molecule has 1 aliphatic carbocycles. The van der Waals surface area contributed by atoms with Gasteiger partial charge in [-0.05, 0) is 56.4 Å². The van der Waals surface area contributed by atoms with E-state index >= 15 is 0 Å². The molecule has 4 atom stereocenters. The van der Waals surface area contributed by atoms with Crippen molar-refractivity contribution in [1.82, 2.24) is 14.9 Å². The van der Waals surface area contributed by atoms with Crippen molar-refractivity contribution in [1.29, 1.82) is 0 Å². The number of nitrogens with zero attached hydrogens (tertiary/aromatic N) is 1. The van der Waals surface area contributed by atoms with Gasteiger partial charge in [0.05, 0.1) is 0 Å². The second-order valence-electron chi connectivity index (χ2n) is 9.32. The number of thiophene rings is 1. The maximum Gasteiger partial charge on any atom is 0.405 e. The number of ether oxygens (including phenoxy) is 1. The van der Waals surface area contributed by atoms with Gasteiger partial charge in [-0.2, -0.15) is 0 Å². The van der Waals surface area contributed by atoms with Crippen molar-refractivity contribution in [2.75, 3.05) is 6.54 Å². The first-order valence-corrected chi connectivity index (χ1v) is 14.4. The minimum absolute atomic E-state index is 0.00322. The molecular weight excluding hydrogens is 508 g/mol. The van der Waals surface area contributed by atoms with Crippen LogP contribution >= 0.6 is 11.3 Å². The lowest BCUT2D eigenvalue weighted by molar-refractivity contribution is -0.146. The molecule has 0 spiro atoms. The molecule has 4 amide bonds. The average Bonchev–Trinajstić information content (AvgIpc) is 3.21. The van der Waals surface area contributed by atoms with Gasteiger partial charge in [0.1, 0.15) is 15.8 Å². The number of fused-ring (bicyclic) bond motifs is 2. The molecular formula is C23H30N4O7S2. The fraction of sp³-hybridized carbons (Fsp3) is 0.565. The minimum Gasteiger partial charge on any atom is -0.436 e. The average molecular weight is 539 g/mol. The number of carbonyl (C=O) groups excluding carboxylic acids is 4. The van der Waals surface area contributed by atoms with E-state index in [0.29, 0.717) is 38.6 Å². The van der Waals surface area contributed by atoms with Crippen molar-refractivity contribution in [2.45, 2.75) is 73.3 Å². The van der Waals surface area contributed by atoms with Gasteiger partial charge in [0.25, 0.3) is 21.8 Å². The zero-order valence-corrected chi connectivity index (χ0v) is 21.3. The van der Waals surface area contributed by atoms with Crippen molar-refractivity contribution < 1.29 is 32.3 Å². The van der Waals surface area contributed by atoms with E-state index in [1.165, 1.54) is 11.0 Å². The molecule has 4 rings (SSSR count). The molecule has 11 nitrogen and oxygen atoms in total. The van der Waals surface area contributed by atoms with Crippen LogP contribution in [0.5, 0.6) is 0 Å². The van der Waals surface area contributed by atoms with E-state index in [1.54, 1.807) is 11.4 Å². The highest BCUT2D eigenvalue weighted by Crippen LogP contribution is 2.45. The van der Waals surface area contributed by atoms with Gasteiger partial charge < -0.3 is 20.7 Å². The first-order valence-electron chi connectivity index (χ1n) is 12.0. The Bertz CT molecular complexity index is 1150. The topological polar surface area (TPSA) is 165 Å². The van der Waals surface area contributed by atoms with Crippen LogP contribution in [-0.4, -0.2) is 61.4 Å². The molecule has 13 heteroatoms. The van der Waals surface area contributed by atoms with Crippen LogP contribution in [0.25, 0.3) is 0 Å². The molecule has 4 N–H and O–H groups in total. The quantitative estimate of drug-likeness (QED) is 0.488. The molecule has 1 aromatic rings. The monoisotopic (exact) mass is 538 g/mol. The van der Waals surface area contributed by atoms with Crippen LogP contribution in [-0.2, 0) is 29.1 Å². The minimum atomic E-state index is -4.09. The molecule has 3 aliphatic rings. The van der Waals surface area contributed by atoms with E-state index in [0.717, 1.165) is 24.2 Å². The molecule has 4 unspecified atom stereocenters. The van der Waals surface area contributed by atoms with Crippen molar-refractivity contribution >= 4 is 45.2 Å². The Balaban J connectivity index is 1.58. The third kappa shape index (κ3) is 5.56. The summed E-state index contributed by atoms with van der Waals surface area (Å²) in [7, 11) is -4.09. The van der Waals surface area contributed by atoms with Crippen molar-refractivity contribution in [3.05, 3.63) is 29.7 Å². The first-order chi connectivity index (χ1) is 17.1. The Labute approximate surface area is 213 Å². The molecule has 0 aromatic carbocycles. The Morgan fingerprint density at radius 2 is 2.00 bits per heavy atom. The summed E-state index contributed by atoms with van der Waals surface area (Å²) in [6, 6.07) is 2.09. The summed E-state index contributed by atoms with van der Waals surface area (Å²) >= 11 is 0.981. The maximum absolute atomic E-state index is 13.4. The molecule has 2 fully saturated rings. The molecule has 1 saturated heterocycles. The van der Waals surface area contributed by atoms with E-state index in [4.69, 9.17) is 10.5 Å². The van der Waals surface area contributed by atoms with Gasteiger partial charge in [0.15, 0.2) is 6.10 Å². The van der Waals surface area contributed by atoms with Gasteiger partial charge in [-0.3, -0.25) is 14.4 Å². The van der Waals surface area contributed by atoms with Crippen LogP contribution in [0.15, 0.2) is 33.9 Å². The van der Waals surface area contributed by atoms with Crippen LogP contribution < -0.4 is 15.8 Å². The summed E-state index contributed by atoms with van der Waals surface area (Å²) in [5, 5.41) is 4.35. The molecule has 196 valence electrons. The summed E-state index contributed by atoms with van der Waals surface area (Å²) in [5.74, 6) is -2.23. The molecule has 36 heavy (non-hydrogen) atoms. The second kappa shape index (κ2) is 10.6. The number of hydrogen-bond donors (Lipinski definition) is 3. The fourth-order valence-electron chi connectivity index (χ4n) is 4.86. The Kier molecular flexibility index (Phi) is 7.69. The number of primary amides is 1. The van der Waals surface area contributed by atoms with E-state index in [-0.39, 0.29) is 16.5 Å². The predicted octanol–water partition coefficient (Wildman–Crippen LogP) is 1.40. The molecule has 0 radical (unpaired) electrons. The summed E-state index contributed by atoms with van der Waals surface area (Å²) in [6.45, 7) is 0.296. The van der Waals surface area contributed by atoms with E-state index in [2.05, 4.69) is 10.0 Å². The maximum atomic E-state index is 13.4. The van der Waals surface area contributed by atoms with Gasteiger partial charge in [-0.25, -0.2) is 17.9 Å². The summed E-state index contributed by atoms with van der Waals surface area (Å²) < 4.78 is 32.6. The van der Waals surface area contributed by atoms with Gasteiger partial charge in [0, 0.05) is 12.5 Å². The van der Waals surface area contributed by atoms with Crippen LogP contribution in [0.1, 0.15) is 51.4 Å². The zero-order valence-electron chi connectivity index (χ0n) is 19.7. The van der Waals surface area contributed by atoms with Crippen molar-refractivity contribution in [2.24, 2.45) is 11.7 Å². The van der Waals surface area contributed by atoms with Crippen LogP contribution in [0.3, 0.4) is 0 Å². The summed E-state index contributed by atoms with van der Waals surface area (Å²) in [6.07, 6.45) is 6.03. The lowest BCUT2D eigenvalue weighted by Crippen LogP contribution is -2.57.